The van der Waals surface area contributed by atoms with Crippen LogP contribution in [0, 0.1) is 0 Å². The summed E-state index contributed by atoms with van der Waals surface area (Å²) < 4.78 is 23.3. The van der Waals surface area contributed by atoms with Crippen molar-refractivity contribution in [2.75, 3.05) is 40.9 Å². The number of allylic oxidation sites excluding steroid dienone is 7. The largest absolute Gasteiger partial charge is 0.756 e. The van der Waals surface area contributed by atoms with E-state index in [4.69, 9.17) is 9.05 Å². The molecular weight excluding hydrogens is 912 g/mol. The van der Waals surface area contributed by atoms with Crippen LogP contribution in [0.25, 0.3) is 0 Å². The fourth-order valence-corrected chi connectivity index (χ4v) is 9.85. The van der Waals surface area contributed by atoms with Gasteiger partial charge in [-0.1, -0.05) is 268 Å². The molecule has 1 amide bonds. The van der Waals surface area contributed by atoms with Crippen molar-refractivity contribution in [2.24, 2.45) is 0 Å². The molecule has 0 radical (unpaired) electrons. The van der Waals surface area contributed by atoms with Crippen LogP contribution in [0.3, 0.4) is 0 Å². The van der Waals surface area contributed by atoms with E-state index in [2.05, 4.69) is 55.6 Å². The average molecular weight is 1030 g/mol. The van der Waals surface area contributed by atoms with Crippen LogP contribution in [0.15, 0.2) is 48.6 Å². The van der Waals surface area contributed by atoms with Crippen molar-refractivity contribution in [3.05, 3.63) is 48.6 Å². The number of quaternary nitrogens is 1. The Balaban J connectivity index is 3.91. The van der Waals surface area contributed by atoms with Gasteiger partial charge in [-0.3, -0.25) is 9.36 Å². The van der Waals surface area contributed by atoms with Crippen LogP contribution >= 0.6 is 7.82 Å². The molecule has 0 aliphatic carbocycles. The minimum Gasteiger partial charge on any atom is -0.756 e. The van der Waals surface area contributed by atoms with E-state index in [9.17, 15) is 19.4 Å². The van der Waals surface area contributed by atoms with Gasteiger partial charge in [0.25, 0.3) is 7.82 Å². The number of amides is 1. The summed E-state index contributed by atoms with van der Waals surface area (Å²) in [4.78, 5) is 25.4. The number of phosphoric ester groups is 1. The number of aliphatic hydroxyl groups is 1. The third-order valence-corrected chi connectivity index (χ3v) is 15.0. The lowest BCUT2D eigenvalue weighted by Crippen LogP contribution is -2.45. The van der Waals surface area contributed by atoms with Crippen LogP contribution in [-0.2, 0) is 18.4 Å². The summed E-state index contributed by atoms with van der Waals surface area (Å²) in [5, 5.41) is 13.8. The lowest BCUT2D eigenvalue weighted by molar-refractivity contribution is -0.870. The molecule has 0 aliphatic rings. The quantitative estimate of drug-likeness (QED) is 0.0272. The zero-order valence-electron chi connectivity index (χ0n) is 48.4. The number of aliphatic hydroxyl groups excluding tert-OH is 1. The molecule has 3 unspecified atom stereocenters. The summed E-state index contributed by atoms with van der Waals surface area (Å²) in [6.45, 7) is 4.60. The maximum absolute atomic E-state index is 12.9. The van der Waals surface area contributed by atoms with E-state index >= 15 is 0 Å². The Hall–Kier alpha value is -1.54. The van der Waals surface area contributed by atoms with Gasteiger partial charge in [-0.25, -0.2) is 0 Å². The highest BCUT2D eigenvalue weighted by Crippen LogP contribution is 2.38. The number of nitrogens with one attached hydrogen (secondary N) is 1. The Bertz CT molecular complexity index is 1310. The Morgan fingerprint density at radius 2 is 0.778 bits per heavy atom. The van der Waals surface area contributed by atoms with E-state index < -0.39 is 26.6 Å². The average Bonchev–Trinajstić information content (AvgIpc) is 3.34. The van der Waals surface area contributed by atoms with Crippen molar-refractivity contribution >= 4 is 13.7 Å². The molecular formula is C63H121N2O6P. The molecule has 8 nitrogen and oxygen atoms in total. The second-order valence-electron chi connectivity index (χ2n) is 22.4. The molecule has 72 heavy (non-hydrogen) atoms. The molecule has 0 aliphatic heterocycles. The second kappa shape index (κ2) is 54.3. The molecule has 0 bridgehead atoms. The van der Waals surface area contributed by atoms with Gasteiger partial charge in [-0.15, -0.1) is 0 Å². The van der Waals surface area contributed by atoms with Gasteiger partial charge < -0.3 is 28.8 Å². The zero-order chi connectivity index (χ0) is 52.7. The maximum Gasteiger partial charge on any atom is 0.268 e. The summed E-state index contributed by atoms with van der Waals surface area (Å²) in [5.74, 6) is -0.208. The smallest absolute Gasteiger partial charge is 0.268 e. The molecule has 0 rings (SSSR count). The molecule has 0 heterocycles. The highest BCUT2D eigenvalue weighted by molar-refractivity contribution is 7.45. The Labute approximate surface area is 448 Å². The van der Waals surface area contributed by atoms with Gasteiger partial charge in [-0.05, 0) is 70.6 Å². The number of nitrogens with zero attached hydrogens (tertiary/aromatic N) is 1. The highest BCUT2D eigenvalue weighted by Gasteiger charge is 2.23. The second-order valence-corrected chi connectivity index (χ2v) is 23.8. The minimum absolute atomic E-state index is 0.00839. The molecule has 0 saturated carbocycles. The van der Waals surface area contributed by atoms with E-state index in [-0.39, 0.29) is 12.5 Å². The van der Waals surface area contributed by atoms with Crippen molar-refractivity contribution in [2.45, 2.75) is 309 Å². The highest BCUT2D eigenvalue weighted by atomic mass is 31.2. The third kappa shape index (κ3) is 56.2. The van der Waals surface area contributed by atoms with Crippen molar-refractivity contribution in [3.63, 3.8) is 0 Å². The van der Waals surface area contributed by atoms with Crippen molar-refractivity contribution in [3.8, 4) is 0 Å². The predicted molar refractivity (Wildman–Crippen MR) is 311 cm³/mol. The lowest BCUT2D eigenvalue weighted by Gasteiger charge is -2.29. The summed E-state index contributed by atoms with van der Waals surface area (Å²) >= 11 is 0. The van der Waals surface area contributed by atoms with Crippen molar-refractivity contribution in [1.29, 1.82) is 0 Å². The first-order chi connectivity index (χ1) is 35.0. The third-order valence-electron chi connectivity index (χ3n) is 14.0. The molecule has 0 aromatic carbocycles. The van der Waals surface area contributed by atoms with E-state index in [0.29, 0.717) is 17.4 Å². The number of hydrogen-bond acceptors (Lipinski definition) is 6. The summed E-state index contributed by atoms with van der Waals surface area (Å²) in [6.07, 6.45) is 72.4. The molecule has 2 N–H and O–H groups in total. The number of likely N-dealkylation sites (N-methyl/N-ethyl adjacent to an activating group) is 1. The standard InChI is InChI=1S/C63H121N2O6P/c1-6-8-10-12-14-16-18-20-21-22-23-24-25-26-27-28-29-30-31-32-33-34-35-36-37-38-39-40-41-42-43-45-47-49-51-53-55-57-63(67)64-61(60-71-72(68,69)70-59-58-65(3,4)5)62(66)56-54-52-50-48-46-44-19-17-15-13-11-9-7-2/h15,17,22-23,46,48,54,56,61-62,66H,6-14,16,18-21,24-45,47,49-53,55,57-60H2,1-5H3,(H-,64,67,68,69)/b17-15+,23-22-,48-46+,56-54+. The number of hydrogen-bond donors (Lipinski definition) is 2. The van der Waals surface area contributed by atoms with Crippen LogP contribution in [0.1, 0.15) is 296 Å². The fourth-order valence-electron chi connectivity index (χ4n) is 9.12. The van der Waals surface area contributed by atoms with Crippen molar-refractivity contribution in [1.82, 2.24) is 5.32 Å². The first kappa shape index (κ1) is 70.5. The topological polar surface area (TPSA) is 108 Å². The van der Waals surface area contributed by atoms with Crippen LogP contribution in [0.5, 0.6) is 0 Å². The molecule has 424 valence electrons. The monoisotopic (exact) mass is 1030 g/mol. The summed E-state index contributed by atoms with van der Waals surface area (Å²) in [7, 11) is 1.24. The first-order valence-electron chi connectivity index (χ1n) is 31.0. The minimum atomic E-state index is -4.60. The number of unbranched alkanes of at least 4 members (excludes halogenated alkanes) is 38. The van der Waals surface area contributed by atoms with Gasteiger partial charge in [0.2, 0.25) is 5.91 Å². The van der Waals surface area contributed by atoms with Crippen LogP contribution < -0.4 is 10.2 Å². The van der Waals surface area contributed by atoms with Crippen molar-refractivity contribution < 1.29 is 32.9 Å². The van der Waals surface area contributed by atoms with Gasteiger partial charge >= 0.3 is 0 Å². The molecule has 3 atom stereocenters. The molecule has 0 saturated heterocycles. The maximum atomic E-state index is 12.9. The van der Waals surface area contributed by atoms with E-state index in [1.54, 1.807) is 6.08 Å². The zero-order valence-corrected chi connectivity index (χ0v) is 49.3. The van der Waals surface area contributed by atoms with Crippen LogP contribution in [-0.4, -0.2) is 68.5 Å². The van der Waals surface area contributed by atoms with Gasteiger partial charge in [-0.2, -0.15) is 0 Å². The predicted octanol–water partition coefficient (Wildman–Crippen LogP) is 18.5. The molecule has 9 heteroatoms. The molecule has 0 aromatic heterocycles. The lowest BCUT2D eigenvalue weighted by atomic mass is 10.0. The van der Waals surface area contributed by atoms with Gasteiger partial charge in [0.1, 0.15) is 13.2 Å². The van der Waals surface area contributed by atoms with E-state index in [0.717, 1.165) is 51.4 Å². The molecule has 0 aromatic rings. The fraction of sp³-hybridized carbons (Fsp3) is 0.857. The van der Waals surface area contributed by atoms with Gasteiger partial charge in [0.05, 0.1) is 39.9 Å². The number of rotatable bonds is 57. The van der Waals surface area contributed by atoms with Crippen LogP contribution in [0.2, 0.25) is 0 Å². The van der Waals surface area contributed by atoms with Crippen LogP contribution in [0.4, 0.5) is 0 Å². The first-order valence-corrected chi connectivity index (χ1v) is 32.5. The molecule has 0 spiro atoms. The van der Waals surface area contributed by atoms with Gasteiger partial charge in [0.15, 0.2) is 0 Å². The number of carbonyl (C=O) groups excluding carboxylic acids is 1. The summed E-state index contributed by atoms with van der Waals surface area (Å²) in [5.41, 5.74) is 0. The Kier molecular flexibility index (Phi) is 53.1. The Morgan fingerprint density at radius 3 is 1.15 bits per heavy atom. The Morgan fingerprint density at radius 1 is 0.472 bits per heavy atom. The number of phosphoric acid groups is 1. The normalized spacial score (nSPS) is 14.2. The SMILES string of the molecule is CCCCC/C=C/CC/C=C/CC/C=C/C(O)C(COP(=O)([O-])OCC[N+](C)(C)C)NC(=O)CCCCCCCCCCCCCCCCCCCCCCCCCCC/C=C\CCCCCCCCCC. The van der Waals surface area contributed by atoms with E-state index in [1.807, 2.05) is 27.2 Å². The molecule has 0 fully saturated rings. The summed E-state index contributed by atoms with van der Waals surface area (Å²) in [6, 6.07) is -0.908. The van der Waals surface area contributed by atoms with E-state index in [1.165, 1.54) is 225 Å². The number of carbonyl (C=O) groups is 1. The van der Waals surface area contributed by atoms with Gasteiger partial charge in [0, 0.05) is 6.42 Å².